The third-order valence-electron chi connectivity index (χ3n) is 3.08. The number of hydrogen-bond donors (Lipinski definition) is 0. The zero-order valence-electron chi connectivity index (χ0n) is 9.82. The van der Waals surface area contributed by atoms with Gasteiger partial charge in [-0.05, 0) is 42.4 Å². The smallest absolute Gasteiger partial charge is 0.186 e. The standard InChI is InChI=1S/C11H18BrN3S/c1-3-9-7-14(2)5-4-6-15(9)11-13-10(12)8-16-11/h8-9H,3-7H2,1-2H3. The predicted octanol–water partition coefficient (Wildman–Crippen LogP) is 2.83. The molecule has 1 aromatic rings. The van der Waals surface area contributed by atoms with Crippen molar-refractivity contribution >= 4 is 32.4 Å². The van der Waals surface area contributed by atoms with E-state index >= 15 is 0 Å². The van der Waals surface area contributed by atoms with Crippen LogP contribution in [0.1, 0.15) is 19.8 Å². The van der Waals surface area contributed by atoms with Crippen molar-refractivity contribution in [1.82, 2.24) is 9.88 Å². The number of likely N-dealkylation sites (N-methyl/N-ethyl adjacent to an activating group) is 1. The Balaban J connectivity index is 2.17. The molecule has 0 saturated carbocycles. The summed E-state index contributed by atoms with van der Waals surface area (Å²) in [5.41, 5.74) is 0. The summed E-state index contributed by atoms with van der Waals surface area (Å²) in [5.74, 6) is 0. The van der Waals surface area contributed by atoms with Crippen LogP contribution < -0.4 is 4.90 Å². The molecule has 1 saturated heterocycles. The summed E-state index contributed by atoms with van der Waals surface area (Å²) >= 11 is 5.17. The van der Waals surface area contributed by atoms with Gasteiger partial charge in [-0.2, -0.15) is 0 Å². The maximum atomic E-state index is 4.54. The largest absolute Gasteiger partial charge is 0.344 e. The summed E-state index contributed by atoms with van der Waals surface area (Å²) in [7, 11) is 2.21. The second kappa shape index (κ2) is 5.47. The van der Waals surface area contributed by atoms with Gasteiger partial charge in [0.25, 0.3) is 0 Å². The van der Waals surface area contributed by atoms with E-state index in [2.05, 4.69) is 50.1 Å². The van der Waals surface area contributed by atoms with Gasteiger partial charge in [0, 0.05) is 24.5 Å². The van der Waals surface area contributed by atoms with Crippen LogP contribution in [0.25, 0.3) is 0 Å². The SMILES string of the molecule is CCC1CN(C)CCCN1c1nc(Br)cs1. The van der Waals surface area contributed by atoms with Crippen molar-refractivity contribution in [2.24, 2.45) is 0 Å². The summed E-state index contributed by atoms with van der Waals surface area (Å²) < 4.78 is 0.958. The van der Waals surface area contributed by atoms with Gasteiger partial charge < -0.3 is 9.80 Å². The first kappa shape index (κ1) is 12.3. The lowest BCUT2D eigenvalue weighted by molar-refractivity contribution is 0.328. The molecule has 5 heteroatoms. The molecule has 0 N–H and O–H groups in total. The zero-order valence-corrected chi connectivity index (χ0v) is 12.2. The van der Waals surface area contributed by atoms with Crippen molar-refractivity contribution in [3.8, 4) is 0 Å². The lowest BCUT2D eigenvalue weighted by Gasteiger charge is -2.29. The minimum atomic E-state index is 0.602. The zero-order chi connectivity index (χ0) is 11.5. The molecule has 0 amide bonds. The molecule has 1 unspecified atom stereocenters. The number of halogens is 1. The van der Waals surface area contributed by atoms with Crippen LogP contribution in [0.4, 0.5) is 5.13 Å². The summed E-state index contributed by atoms with van der Waals surface area (Å²) in [5, 5.41) is 3.23. The molecule has 0 aromatic carbocycles. The summed E-state index contributed by atoms with van der Waals surface area (Å²) in [6, 6.07) is 0.602. The van der Waals surface area contributed by atoms with E-state index in [9.17, 15) is 0 Å². The Kier molecular flexibility index (Phi) is 4.21. The number of anilines is 1. The molecule has 1 aliphatic heterocycles. The second-order valence-electron chi connectivity index (χ2n) is 4.32. The van der Waals surface area contributed by atoms with Crippen molar-refractivity contribution in [3.05, 3.63) is 9.98 Å². The fourth-order valence-corrected chi connectivity index (χ4v) is 3.57. The minimum Gasteiger partial charge on any atom is -0.344 e. The van der Waals surface area contributed by atoms with Gasteiger partial charge in [0.1, 0.15) is 4.60 Å². The van der Waals surface area contributed by atoms with E-state index in [4.69, 9.17) is 0 Å². The third-order valence-corrected chi connectivity index (χ3v) is 4.67. The van der Waals surface area contributed by atoms with Crippen LogP contribution in [0.5, 0.6) is 0 Å². The molecule has 1 aromatic heterocycles. The quantitative estimate of drug-likeness (QED) is 0.837. The number of aromatic nitrogens is 1. The van der Waals surface area contributed by atoms with E-state index in [-0.39, 0.29) is 0 Å². The highest BCUT2D eigenvalue weighted by Gasteiger charge is 2.23. The van der Waals surface area contributed by atoms with Gasteiger partial charge in [0.15, 0.2) is 5.13 Å². The second-order valence-corrected chi connectivity index (χ2v) is 5.97. The van der Waals surface area contributed by atoms with Crippen molar-refractivity contribution < 1.29 is 0 Å². The van der Waals surface area contributed by atoms with Crippen molar-refractivity contribution in [1.29, 1.82) is 0 Å². The van der Waals surface area contributed by atoms with E-state index < -0.39 is 0 Å². The number of nitrogens with zero attached hydrogens (tertiary/aromatic N) is 3. The van der Waals surface area contributed by atoms with Gasteiger partial charge in [-0.15, -0.1) is 11.3 Å². The molecule has 90 valence electrons. The monoisotopic (exact) mass is 303 g/mol. The summed E-state index contributed by atoms with van der Waals surface area (Å²) in [4.78, 5) is 9.44. The Morgan fingerprint density at radius 1 is 1.56 bits per heavy atom. The van der Waals surface area contributed by atoms with Crippen LogP contribution >= 0.6 is 27.3 Å². The van der Waals surface area contributed by atoms with Crippen molar-refractivity contribution in [2.45, 2.75) is 25.8 Å². The predicted molar refractivity (Wildman–Crippen MR) is 73.4 cm³/mol. The van der Waals surface area contributed by atoms with Crippen LogP contribution in [0.3, 0.4) is 0 Å². The van der Waals surface area contributed by atoms with Crippen LogP contribution in [-0.2, 0) is 0 Å². The Morgan fingerprint density at radius 3 is 3.00 bits per heavy atom. The molecule has 0 spiro atoms. The number of hydrogen-bond acceptors (Lipinski definition) is 4. The Morgan fingerprint density at radius 2 is 2.38 bits per heavy atom. The first-order chi connectivity index (χ1) is 7.70. The lowest BCUT2D eigenvalue weighted by atomic mass is 10.2. The Labute approximate surface area is 110 Å². The maximum absolute atomic E-state index is 4.54. The maximum Gasteiger partial charge on any atom is 0.186 e. The lowest BCUT2D eigenvalue weighted by Crippen LogP contribution is -2.39. The van der Waals surface area contributed by atoms with E-state index in [1.165, 1.54) is 19.4 Å². The van der Waals surface area contributed by atoms with Gasteiger partial charge in [0.2, 0.25) is 0 Å². The van der Waals surface area contributed by atoms with Crippen LogP contribution in [-0.4, -0.2) is 42.6 Å². The fourth-order valence-electron chi connectivity index (χ4n) is 2.22. The van der Waals surface area contributed by atoms with Crippen LogP contribution in [0, 0.1) is 0 Å². The van der Waals surface area contributed by atoms with Gasteiger partial charge in [-0.1, -0.05) is 6.92 Å². The minimum absolute atomic E-state index is 0.602. The molecule has 16 heavy (non-hydrogen) atoms. The van der Waals surface area contributed by atoms with Gasteiger partial charge in [-0.3, -0.25) is 0 Å². The highest BCUT2D eigenvalue weighted by atomic mass is 79.9. The molecular formula is C11H18BrN3S. The molecule has 1 fully saturated rings. The fraction of sp³-hybridized carbons (Fsp3) is 0.727. The molecule has 0 bridgehead atoms. The van der Waals surface area contributed by atoms with Crippen molar-refractivity contribution in [2.75, 3.05) is 31.6 Å². The van der Waals surface area contributed by atoms with E-state index in [1.54, 1.807) is 11.3 Å². The first-order valence-electron chi connectivity index (χ1n) is 5.77. The van der Waals surface area contributed by atoms with Gasteiger partial charge >= 0.3 is 0 Å². The van der Waals surface area contributed by atoms with Gasteiger partial charge in [-0.25, -0.2) is 4.98 Å². The van der Waals surface area contributed by atoms with E-state index in [0.29, 0.717) is 6.04 Å². The Bertz CT molecular complexity index is 342. The molecule has 0 aliphatic carbocycles. The highest BCUT2D eigenvalue weighted by Crippen LogP contribution is 2.27. The molecule has 1 aliphatic rings. The number of thiazole rings is 1. The van der Waals surface area contributed by atoms with Crippen LogP contribution in [0.2, 0.25) is 0 Å². The molecule has 3 nitrogen and oxygen atoms in total. The first-order valence-corrected chi connectivity index (χ1v) is 7.44. The third kappa shape index (κ3) is 2.76. The highest BCUT2D eigenvalue weighted by molar-refractivity contribution is 9.10. The normalized spacial score (nSPS) is 23.4. The molecule has 0 radical (unpaired) electrons. The van der Waals surface area contributed by atoms with E-state index in [1.807, 2.05) is 0 Å². The molecule has 2 rings (SSSR count). The van der Waals surface area contributed by atoms with E-state index in [0.717, 1.165) is 22.8 Å². The molecule has 2 heterocycles. The molecule has 1 atom stereocenters. The average Bonchev–Trinajstić information content (AvgIpc) is 2.58. The average molecular weight is 304 g/mol. The van der Waals surface area contributed by atoms with Crippen LogP contribution in [0.15, 0.2) is 9.98 Å². The van der Waals surface area contributed by atoms with Crippen molar-refractivity contribution in [3.63, 3.8) is 0 Å². The summed E-state index contributed by atoms with van der Waals surface area (Å²) in [6.07, 6.45) is 2.41. The topological polar surface area (TPSA) is 19.4 Å². The molecular weight excluding hydrogens is 286 g/mol. The number of rotatable bonds is 2. The summed E-state index contributed by atoms with van der Waals surface area (Å²) in [6.45, 7) is 5.73. The Hall–Kier alpha value is -0.130. The van der Waals surface area contributed by atoms with Gasteiger partial charge in [0.05, 0.1) is 0 Å².